The van der Waals surface area contributed by atoms with Crippen LogP contribution < -0.4 is 5.32 Å². The van der Waals surface area contributed by atoms with Crippen molar-refractivity contribution in [2.45, 2.75) is 32.9 Å². The minimum atomic E-state index is -0.586. The van der Waals surface area contributed by atoms with Gasteiger partial charge in [0.25, 0.3) is 0 Å². The molecule has 0 saturated carbocycles. The normalized spacial score (nSPS) is 12.4. The van der Waals surface area contributed by atoms with Crippen LogP contribution in [0.2, 0.25) is 0 Å². The summed E-state index contributed by atoms with van der Waals surface area (Å²) in [6.45, 7) is 4.00. The Kier molecular flexibility index (Phi) is 5.43. The molecule has 19 heavy (non-hydrogen) atoms. The molecule has 8 nitrogen and oxygen atoms in total. The van der Waals surface area contributed by atoms with E-state index in [0.717, 1.165) is 0 Å². The van der Waals surface area contributed by atoms with Gasteiger partial charge in [0.2, 0.25) is 12.2 Å². The summed E-state index contributed by atoms with van der Waals surface area (Å²) < 4.78 is 1.49. The molecule has 0 aliphatic rings. The number of aliphatic hydroxyl groups is 1. The largest absolute Gasteiger partial charge is 0.394 e. The van der Waals surface area contributed by atoms with Crippen LogP contribution in [-0.2, 0) is 11.3 Å². The number of hydrogen-bond donors (Lipinski definition) is 2. The number of aryl methyl sites for hydroxylation is 1. The maximum Gasteiger partial charge on any atom is 0.381 e. The van der Waals surface area contributed by atoms with Gasteiger partial charge in [-0.15, -0.1) is 0 Å². The average Bonchev–Trinajstić information content (AvgIpc) is 2.82. The van der Waals surface area contributed by atoms with Crippen LogP contribution in [0.5, 0.6) is 0 Å². The van der Waals surface area contributed by atoms with Gasteiger partial charge >= 0.3 is 5.82 Å². The minimum Gasteiger partial charge on any atom is -0.394 e. The Morgan fingerprint density at radius 1 is 1.63 bits per heavy atom. The van der Waals surface area contributed by atoms with Gasteiger partial charge < -0.3 is 25.1 Å². The van der Waals surface area contributed by atoms with Crippen LogP contribution in [0.3, 0.4) is 0 Å². The first-order valence-corrected chi connectivity index (χ1v) is 6.00. The van der Waals surface area contributed by atoms with Gasteiger partial charge in [-0.05, 0) is 15.8 Å². The lowest BCUT2D eigenvalue weighted by Crippen LogP contribution is -2.41. The summed E-state index contributed by atoms with van der Waals surface area (Å²) in [4.78, 5) is 25.1. The Labute approximate surface area is 110 Å². The molecule has 0 bridgehead atoms. The third kappa shape index (κ3) is 4.66. The third-order valence-corrected chi connectivity index (χ3v) is 2.75. The summed E-state index contributed by atoms with van der Waals surface area (Å²) in [5, 5.41) is 22.2. The molecule has 0 aliphatic carbocycles. The van der Waals surface area contributed by atoms with Crippen molar-refractivity contribution in [3.8, 4) is 0 Å². The number of carbonyl (C=O) groups excluding carboxylic acids is 1. The minimum absolute atomic E-state index is 0.111. The summed E-state index contributed by atoms with van der Waals surface area (Å²) in [5.74, 6) is -0.303. The van der Waals surface area contributed by atoms with Gasteiger partial charge in [-0.2, -0.15) is 0 Å². The van der Waals surface area contributed by atoms with Gasteiger partial charge in [0.05, 0.1) is 12.6 Å². The van der Waals surface area contributed by atoms with E-state index in [1.54, 1.807) is 0 Å². The highest BCUT2D eigenvalue weighted by molar-refractivity contribution is 5.76. The predicted molar refractivity (Wildman–Crippen MR) is 67.4 cm³/mol. The number of aromatic nitrogens is 2. The van der Waals surface area contributed by atoms with E-state index in [9.17, 15) is 14.9 Å². The lowest BCUT2D eigenvalue weighted by molar-refractivity contribution is -0.389. The summed E-state index contributed by atoms with van der Waals surface area (Å²) >= 11 is 0. The van der Waals surface area contributed by atoms with Gasteiger partial charge in [0.15, 0.2) is 0 Å². The summed E-state index contributed by atoms with van der Waals surface area (Å²) in [5.41, 5.74) is 0. The number of hydrogen-bond acceptors (Lipinski definition) is 5. The number of nitrogens with zero attached hydrogens (tertiary/aromatic N) is 3. The fraction of sp³-hybridized carbons (Fsp3) is 0.636. The molecule has 1 aromatic heterocycles. The summed E-state index contributed by atoms with van der Waals surface area (Å²) in [7, 11) is 0. The van der Waals surface area contributed by atoms with Crippen LogP contribution in [0, 0.1) is 16.0 Å². The molecule has 1 atom stereocenters. The molecule has 0 aliphatic heterocycles. The Bertz CT molecular complexity index is 444. The van der Waals surface area contributed by atoms with Gasteiger partial charge in [-0.25, -0.2) is 0 Å². The fourth-order valence-corrected chi connectivity index (χ4v) is 1.50. The Morgan fingerprint density at radius 2 is 2.32 bits per heavy atom. The fourth-order valence-electron chi connectivity index (χ4n) is 1.50. The van der Waals surface area contributed by atoms with E-state index >= 15 is 0 Å². The van der Waals surface area contributed by atoms with E-state index in [4.69, 9.17) is 5.11 Å². The lowest BCUT2D eigenvalue weighted by Gasteiger charge is -2.19. The van der Waals surface area contributed by atoms with Crippen molar-refractivity contribution in [2.24, 2.45) is 5.92 Å². The van der Waals surface area contributed by atoms with E-state index in [1.165, 1.54) is 17.1 Å². The number of amides is 1. The van der Waals surface area contributed by atoms with Gasteiger partial charge in [-0.1, -0.05) is 13.8 Å². The number of aliphatic hydroxyl groups excluding tert-OH is 1. The molecule has 0 spiro atoms. The Hall–Kier alpha value is -1.96. The van der Waals surface area contributed by atoms with Crippen LogP contribution in [0.1, 0.15) is 20.3 Å². The maximum atomic E-state index is 11.6. The third-order valence-electron chi connectivity index (χ3n) is 2.75. The topological polar surface area (TPSA) is 110 Å². The van der Waals surface area contributed by atoms with Crippen molar-refractivity contribution in [3.05, 3.63) is 22.6 Å². The maximum absolute atomic E-state index is 11.6. The molecule has 0 unspecified atom stereocenters. The predicted octanol–water partition coefficient (Wildman–Crippen LogP) is 0.314. The smallest absolute Gasteiger partial charge is 0.381 e. The van der Waals surface area contributed by atoms with E-state index in [0.29, 0.717) is 6.54 Å². The zero-order valence-electron chi connectivity index (χ0n) is 10.9. The van der Waals surface area contributed by atoms with Crippen LogP contribution in [-0.4, -0.2) is 38.1 Å². The standard InChI is InChI=1S/C11H18N4O4/c1-8(2)9(6-16)13-11(17)3-4-14-5-10(12-7-14)15(18)19/h5,7-9,16H,3-4,6H2,1-2H3,(H,13,17)/t9-/m1/s1. The average molecular weight is 270 g/mol. The molecule has 1 heterocycles. The van der Waals surface area contributed by atoms with Gasteiger partial charge in [0, 0.05) is 13.0 Å². The van der Waals surface area contributed by atoms with Crippen LogP contribution in [0.25, 0.3) is 0 Å². The second kappa shape index (κ2) is 6.83. The molecule has 1 amide bonds. The zero-order valence-corrected chi connectivity index (χ0v) is 10.9. The first-order chi connectivity index (χ1) is 8.93. The highest BCUT2D eigenvalue weighted by Gasteiger charge is 2.15. The SMILES string of the molecule is CC(C)[C@@H](CO)NC(=O)CCn1cnc([N+](=O)[O-])c1. The highest BCUT2D eigenvalue weighted by atomic mass is 16.6. The van der Waals surface area contributed by atoms with Crippen molar-refractivity contribution in [1.29, 1.82) is 0 Å². The number of imidazole rings is 1. The first-order valence-electron chi connectivity index (χ1n) is 6.00. The summed E-state index contributed by atoms with van der Waals surface area (Å²) in [6, 6.07) is -0.273. The molecule has 0 fully saturated rings. The van der Waals surface area contributed by atoms with E-state index in [1.807, 2.05) is 13.8 Å². The number of rotatable bonds is 7. The van der Waals surface area contributed by atoms with E-state index < -0.39 is 4.92 Å². The molecular formula is C11H18N4O4. The van der Waals surface area contributed by atoms with Crippen molar-refractivity contribution in [1.82, 2.24) is 14.9 Å². The Balaban J connectivity index is 2.43. The van der Waals surface area contributed by atoms with Crippen LogP contribution in [0.4, 0.5) is 5.82 Å². The van der Waals surface area contributed by atoms with Gasteiger partial charge in [0.1, 0.15) is 6.20 Å². The molecule has 1 aromatic rings. The second-order valence-electron chi connectivity index (χ2n) is 4.58. The molecule has 1 rings (SSSR count). The molecular weight excluding hydrogens is 252 g/mol. The monoisotopic (exact) mass is 270 g/mol. The number of nitro groups is 1. The lowest BCUT2D eigenvalue weighted by atomic mass is 10.1. The van der Waals surface area contributed by atoms with Gasteiger partial charge in [-0.3, -0.25) is 4.79 Å². The molecule has 0 aromatic carbocycles. The van der Waals surface area contributed by atoms with E-state index in [2.05, 4.69) is 10.3 Å². The second-order valence-corrected chi connectivity index (χ2v) is 4.58. The zero-order chi connectivity index (χ0) is 14.4. The quantitative estimate of drug-likeness (QED) is 0.547. The number of nitrogens with one attached hydrogen (secondary N) is 1. The van der Waals surface area contributed by atoms with E-state index in [-0.39, 0.29) is 36.7 Å². The van der Waals surface area contributed by atoms with Crippen LogP contribution >= 0.6 is 0 Å². The van der Waals surface area contributed by atoms with Crippen molar-refractivity contribution < 1.29 is 14.8 Å². The Morgan fingerprint density at radius 3 is 2.79 bits per heavy atom. The molecule has 0 radical (unpaired) electrons. The van der Waals surface area contributed by atoms with Crippen LogP contribution in [0.15, 0.2) is 12.5 Å². The molecule has 2 N–H and O–H groups in total. The van der Waals surface area contributed by atoms with Crippen molar-refractivity contribution >= 4 is 11.7 Å². The highest BCUT2D eigenvalue weighted by Crippen LogP contribution is 2.06. The van der Waals surface area contributed by atoms with Crippen molar-refractivity contribution in [2.75, 3.05) is 6.61 Å². The molecule has 106 valence electrons. The molecule has 0 saturated heterocycles. The summed E-state index contributed by atoms with van der Waals surface area (Å²) in [6.07, 6.45) is 2.77. The first kappa shape index (κ1) is 15.1. The van der Waals surface area contributed by atoms with Crippen molar-refractivity contribution in [3.63, 3.8) is 0 Å². The molecule has 8 heteroatoms. The number of carbonyl (C=O) groups is 1.